The third-order valence-corrected chi connectivity index (χ3v) is 6.88. The van der Waals surface area contributed by atoms with E-state index in [0.717, 1.165) is 45.6 Å². The summed E-state index contributed by atoms with van der Waals surface area (Å²) in [7, 11) is 1.68. The van der Waals surface area contributed by atoms with Crippen LogP contribution < -0.4 is 10.3 Å². The Labute approximate surface area is 221 Å². The summed E-state index contributed by atoms with van der Waals surface area (Å²) < 4.78 is 7.51. The molecule has 0 radical (unpaired) electrons. The number of hydrogen-bond donors (Lipinski definition) is 1. The van der Waals surface area contributed by atoms with Crippen molar-refractivity contribution in [2.24, 2.45) is 0 Å². The van der Waals surface area contributed by atoms with Gasteiger partial charge < -0.3 is 9.72 Å². The van der Waals surface area contributed by atoms with E-state index in [1.54, 1.807) is 7.11 Å². The summed E-state index contributed by atoms with van der Waals surface area (Å²) in [4.78, 5) is 18.5. The second-order valence-corrected chi connectivity index (χ2v) is 9.54. The lowest BCUT2D eigenvalue weighted by Crippen LogP contribution is -2.32. The first-order valence-corrected chi connectivity index (χ1v) is 12.8. The molecule has 2 heterocycles. The number of aromatic amines is 1. The van der Waals surface area contributed by atoms with Crippen molar-refractivity contribution < 1.29 is 4.74 Å². The standard InChI is InChI=1S/C30H32N6O2/c1-4-27(29-32-33-34-36(29)18-22-10-6-5-7-11-22)35(19-23-12-8-9-13-28(23)38-3)20-25-17-24-16-21(2)14-15-26(24)31-30(25)37/h5-17,27H,4,18-20H2,1-3H3,(H,31,37)/t27-/m0/s1. The second kappa shape index (κ2) is 11.4. The normalized spacial score (nSPS) is 12.2. The van der Waals surface area contributed by atoms with Gasteiger partial charge in [0.05, 0.1) is 19.7 Å². The fraction of sp³-hybridized carbons (Fsp3) is 0.267. The maximum atomic E-state index is 13.2. The van der Waals surface area contributed by atoms with Crippen LogP contribution in [0.2, 0.25) is 0 Å². The number of nitrogens with one attached hydrogen (secondary N) is 1. The first-order valence-electron chi connectivity index (χ1n) is 12.8. The topological polar surface area (TPSA) is 88.9 Å². The van der Waals surface area contributed by atoms with Crippen LogP contribution in [0.1, 0.15) is 47.5 Å². The van der Waals surface area contributed by atoms with Gasteiger partial charge in [-0.3, -0.25) is 9.69 Å². The quantitative estimate of drug-likeness (QED) is 0.285. The Hall–Kier alpha value is -4.30. The Morgan fingerprint density at radius 3 is 2.53 bits per heavy atom. The molecule has 1 N–H and O–H groups in total. The van der Waals surface area contributed by atoms with Crippen LogP contribution in [0.25, 0.3) is 10.9 Å². The number of fused-ring (bicyclic) bond motifs is 1. The lowest BCUT2D eigenvalue weighted by Gasteiger charge is -2.30. The fourth-order valence-corrected chi connectivity index (χ4v) is 4.96. The van der Waals surface area contributed by atoms with E-state index < -0.39 is 0 Å². The van der Waals surface area contributed by atoms with E-state index in [0.29, 0.717) is 25.2 Å². The summed E-state index contributed by atoms with van der Waals surface area (Å²) in [5.74, 6) is 1.57. The number of aromatic nitrogens is 5. The molecule has 0 aliphatic carbocycles. The van der Waals surface area contributed by atoms with E-state index in [1.807, 2.05) is 59.3 Å². The van der Waals surface area contributed by atoms with Crippen molar-refractivity contribution in [3.8, 4) is 5.75 Å². The molecule has 8 nitrogen and oxygen atoms in total. The largest absolute Gasteiger partial charge is 0.496 e. The first kappa shape index (κ1) is 25.4. The molecule has 5 rings (SSSR count). The van der Waals surface area contributed by atoms with Crippen molar-refractivity contribution in [3.63, 3.8) is 0 Å². The number of H-pyrrole nitrogens is 1. The van der Waals surface area contributed by atoms with E-state index in [2.05, 4.69) is 63.5 Å². The summed E-state index contributed by atoms with van der Waals surface area (Å²) in [6, 6.07) is 26.0. The highest BCUT2D eigenvalue weighted by molar-refractivity contribution is 5.79. The zero-order chi connectivity index (χ0) is 26.5. The molecule has 194 valence electrons. The monoisotopic (exact) mass is 508 g/mol. The maximum absolute atomic E-state index is 13.2. The minimum atomic E-state index is -0.133. The van der Waals surface area contributed by atoms with E-state index in [1.165, 1.54) is 0 Å². The summed E-state index contributed by atoms with van der Waals surface area (Å²) in [6.45, 7) is 5.73. The fourth-order valence-electron chi connectivity index (χ4n) is 4.96. The molecular weight excluding hydrogens is 476 g/mol. The Morgan fingerprint density at radius 1 is 0.974 bits per heavy atom. The molecule has 5 aromatic rings. The van der Waals surface area contributed by atoms with Gasteiger partial charge in [-0.25, -0.2) is 4.68 Å². The number of hydrogen-bond acceptors (Lipinski definition) is 6. The zero-order valence-electron chi connectivity index (χ0n) is 22.0. The lowest BCUT2D eigenvalue weighted by molar-refractivity contribution is 0.159. The van der Waals surface area contributed by atoms with E-state index in [9.17, 15) is 4.79 Å². The van der Waals surface area contributed by atoms with E-state index >= 15 is 0 Å². The van der Waals surface area contributed by atoms with Crippen LogP contribution in [0.3, 0.4) is 0 Å². The van der Waals surface area contributed by atoms with Gasteiger partial charge in [-0.2, -0.15) is 0 Å². The number of pyridine rings is 1. The van der Waals surface area contributed by atoms with Crippen molar-refractivity contribution in [1.29, 1.82) is 0 Å². The Bertz CT molecular complexity index is 1580. The average Bonchev–Trinajstić information content (AvgIpc) is 3.38. The van der Waals surface area contributed by atoms with Gasteiger partial charge in [0, 0.05) is 29.7 Å². The third-order valence-electron chi connectivity index (χ3n) is 6.88. The predicted molar refractivity (Wildman–Crippen MR) is 148 cm³/mol. The van der Waals surface area contributed by atoms with Crippen LogP contribution in [0.4, 0.5) is 0 Å². The highest BCUT2D eigenvalue weighted by Crippen LogP contribution is 2.29. The minimum Gasteiger partial charge on any atom is -0.496 e. The van der Waals surface area contributed by atoms with Crippen molar-refractivity contribution in [2.75, 3.05) is 7.11 Å². The Morgan fingerprint density at radius 2 is 1.74 bits per heavy atom. The van der Waals surface area contributed by atoms with Crippen molar-refractivity contribution in [1.82, 2.24) is 30.1 Å². The number of rotatable bonds is 10. The van der Waals surface area contributed by atoms with Gasteiger partial charge in [0.1, 0.15) is 5.75 Å². The van der Waals surface area contributed by atoms with Gasteiger partial charge in [0.2, 0.25) is 0 Å². The molecule has 0 saturated heterocycles. The van der Waals surface area contributed by atoms with Crippen LogP contribution in [0.5, 0.6) is 5.75 Å². The molecule has 0 aliphatic heterocycles. The van der Waals surface area contributed by atoms with Crippen LogP contribution >= 0.6 is 0 Å². The van der Waals surface area contributed by atoms with Gasteiger partial charge in [0.25, 0.3) is 5.56 Å². The van der Waals surface area contributed by atoms with Gasteiger partial charge in [-0.1, -0.05) is 67.1 Å². The van der Waals surface area contributed by atoms with E-state index in [-0.39, 0.29) is 11.6 Å². The molecule has 1 atom stereocenters. The van der Waals surface area contributed by atoms with Gasteiger partial charge in [0.15, 0.2) is 5.82 Å². The minimum absolute atomic E-state index is 0.0925. The molecule has 8 heteroatoms. The van der Waals surface area contributed by atoms with Crippen molar-refractivity contribution >= 4 is 10.9 Å². The zero-order valence-corrected chi connectivity index (χ0v) is 22.0. The molecule has 38 heavy (non-hydrogen) atoms. The van der Waals surface area contributed by atoms with Crippen LogP contribution in [-0.4, -0.2) is 37.2 Å². The first-order chi connectivity index (χ1) is 18.6. The summed E-state index contributed by atoms with van der Waals surface area (Å²) in [5.41, 5.74) is 4.73. The Balaban J connectivity index is 1.55. The number of aryl methyl sites for hydroxylation is 1. The van der Waals surface area contributed by atoms with Crippen LogP contribution in [0, 0.1) is 6.92 Å². The second-order valence-electron chi connectivity index (χ2n) is 9.54. The molecule has 0 spiro atoms. The van der Waals surface area contributed by atoms with Gasteiger partial charge in [-0.15, -0.1) is 5.10 Å². The molecule has 0 saturated carbocycles. The molecule has 2 aromatic heterocycles. The van der Waals surface area contributed by atoms with Crippen LogP contribution in [0.15, 0.2) is 83.7 Å². The smallest absolute Gasteiger partial charge is 0.252 e. The molecule has 0 bridgehead atoms. The highest BCUT2D eigenvalue weighted by atomic mass is 16.5. The van der Waals surface area contributed by atoms with Gasteiger partial charge in [-0.05, 0) is 59.0 Å². The number of ether oxygens (including phenoxy) is 1. The number of methoxy groups -OCH3 is 1. The van der Waals surface area contributed by atoms with E-state index in [4.69, 9.17) is 4.74 Å². The molecular formula is C30H32N6O2. The summed E-state index contributed by atoms with van der Waals surface area (Å²) >= 11 is 0. The number of benzene rings is 3. The Kier molecular flexibility index (Phi) is 7.60. The van der Waals surface area contributed by atoms with Crippen molar-refractivity contribution in [2.45, 2.75) is 45.9 Å². The maximum Gasteiger partial charge on any atom is 0.252 e. The number of nitrogens with zero attached hydrogens (tertiary/aromatic N) is 5. The number of para-hydroxylation sites is 1. The predicted octanol–water partition coefficient (Wildman–Crippen LogP) is 5.03. The SMILES string of the molecule is CC[C@@H](c1nnnn1Cc1ccccc1)N(Cc1ccccc1OC)Cc1cc2cc(C)ccc2[nH]c1=O. The summed E-state index contributed by atoms with van der Waals surface area (Å²) in [5, 5.41) is 13.8. The van der Waals surface area contributed by atoms with Crippen molar-refractivity contribution in [3.05, 3.63) is 117 Å². The summed E-state index contributed by atoms with van der Waals surface area (Å²) in [6.07, 6.45) is 0.759. The average molecular weight is 509 g/mol. The lowest BCUT2D eigenvalue weighted by atomic mass is 10.1. The number of tetrazole rings is 1. The van der Waals surface area contributed by atoms with Crippen LogP contribution in [-0.2, 0) is 19.6 Å². The van der Waals surface area contributed by atoms with Gasteiger partial charge >= 0.3 is 0 Å². The molecule has 0 unspecified atom stereocenters. The molecule has 3 aromatic carbocycles. The molecule has 0 fully saturated rings. The molecule has 0 amide bonds. The third kappa shape index (κ3) is 5.50. The molecule has 0 aliphatic rings. The highest BCUT2D eigenvalue weighted by Gasteiger charge is 2.27.